The van der Waals surface area contributed by atoms with Gasteiger partial charge in [0.05, 0.1) is 6.42 Å². The van der Waals surface area contributed by atoms with Gasteiger partial charge in [0.25, 0.3) is 0 Å². The molecule has 1 aromatic carbocycles. The molecule has 90 valence electrons. The smallest absolute Gasteiger partial charge is 0.227 e. The topological polar surface area (TPSA) is 72.2 Å². The molecule has 0 aromatic heterocycles. The number of nitrogens with one attached hydrogen (secondary N) is 1. The van der Waals surface area contributed by atoms with Gasteiger partial charge in [0, 0.05) is 11.6 Å². The molecule has 1 aliphatic rings. The lowest BCUT2D eigenvalue weighted by atomic mass is 9.85. The predicted octanol–water partition coefficient (Wildman–Crippen LogP) is 1.45. The number of hydrogen-bond donors (Lipinski definition) is 2. The number of benzene rings is 1. The van der Waals surface area contributed by atoms with Crippen LogP contribution in [0, 0.1) is 5.92 Å². The number of carbonyl (C=O) groups is 2. The van der Waals surface area contributed by atoms with E-state index >= 15 is 0 Å². The standard InChI is InChI=1S/C13H16N2O2/c14-12(16)8-9-4-6-11(7-5-9)15-13(17)10-2-1-3-10/h4-7,10H,1-3,8H2,(H2,14,16)(H,15,17). The molecule has 0 unspecified atom stereocenters. The molecule has 1 aromatic rings. The van der Waals surface area contributed by atoms with Crippen LogP contribution in [0.5, 0.6) is 0 Å². The molecule has 17 heavy (non-hydrogen) atoms. The fourth-order valence-corrected chi connectivity index (χ4v) is 1.82. The van der Waals surface area contributed by atoms with Crippen LogP contribution in [0.4, 0.5) is 5.69 Å². The molecule has 2 amide bonds. The van der Waals surface area contributed by atoms with Crippen molar-refractivity contribution in [2.75, 3.05) is 5.32 Å². The quantitative estimate of drug-likeness (QED) is 0.824. The highest BCUT2D eigenvalue weighted by Crippen LogP contribution is 2.27. The minimum Gasteiger partial charge on any atom is -0.369 e. The van der Waals surface area contributed by atoms with Crippen LogP contribution in [0.1, 0.15) is 24.8 Å². The van der Waals surface area contributed by atoms with Crippen molar-refractivity contribution in [2.45, 2.75) is 25.7 Å². The van der Waals surface area contributed by atoms with Gasteiger partial charge in [0.15, 0.2) is 0 Å². The molecule has 4 nitrogen and oxygen atoms in total. The third-order valence-corrected chi connectivity index (χ3v) is 3.08. The van der Waals surface area contributed by atoms with E-state index in [-0.39, 0.29) is 24.2 Å². The van der Waals surface area contributed by atoms with E-state index in [0.29, 0.717) is 0 Å². The summed E-state index contributed by atoms with van der Waals surface area (Å²) in [6.45, 7) is 0. The lowest BCUT2D eigenvalue weighted by Gasteiger charge is -2.24. The van der Waals surface area contributed by atoms with Crippen LogP contribution in [0.3, 0.4) is 0 Å². The number of rotatable bonds is 4. The van der Waals surface area contributed by atoms with E-state index in [1.165, 1.54) is 0 Å². The van der Waals surface area contributed by atoms with Gasteiger partial charge in [-0.05, 0) is 30.5 Å². The van der Waals surface area contributed by atoms with Crippen LogP contribution in [-0.2, 0) is 16.0 Å². The summed E-state index contributed by atoms with van der Waals surface area (Å²) in [5.74, 6) is -0.0737. The van der Waals surface area contributed by atoms with Crippen LogP contribution in [0.2, 0.25) is 0 Å². The molecule has 1 aliphatic carbocycles. The third kappa shape index (κ3) is 3.06. The molecule has 0 heterocycles. The van der Waals surface area contributed by atoms with Gasteiger partial charge in [-0.15, -0.1) is 0 Å². The summed E-state index contributed by atoms with van der Waals surface area (Å²) in [7, 11) is 0. The molecule has 3 N–H and O–H groups in total. The summed E-state index contributed by atoms with van der Waals surface area (Å²) < 4.78 is 0. The number of primary amides is 1. The van der Waals surface area contributed by atoms with Crippen molar-refractivity contribution >= 4 is 17.5 Å². The maximum atomic E-state index is 11.7. The summed E-state index contributed by atoms with van der Waals surface area (Å²) in [4.78, 5) is 22.4. The number of carbonyl (C=O) groups excluding carboxylic acids is 2. The molecular formula is C13H16N2O2. The summed E-state index contributed by atoms with van der Waals surface area (Å²) in [5, 5.41) is 2.87. The van der Waals surface area contributed by atoms with Crippen molar-refractivity contribution in [3.05, 3.63) is 29.8 Å². The van der Waals surface area contributed by atoms with Gasteiger partial charge in [-0.1, -0.05) is 18.6 Å². The zero-order chi connectivity index (χ0) is 12.3. The van der Waals surface area contributed by atoms with E-state index in [0.717, 1.165) is 30.5 Å². The highest BCUT2D eigenvalue weighted by atomic mass is 16.2. The van der Waals surface area contributed by atoms with Gasteiger partial charge < -0.3 is 11.1 Å². The molecular weight excluding hydrogens is 216 g/mol. The lowest BCUT2D eigenvalue weighted by molar-refractivity contribution is -0.122. The second kappa shape index (κ2) is 4.99. The molecule has 0 radical (unpaired) electrons. The predicted molar refractivity (Wildman–Crippen MR) is 65.3 cm³/mol. The Labute approximate surface area is 100 Å². The fraction of sp³-hybridized carbons (Fsp3) is 0.385. The van der Waals surface area contributed by atoms with Crippen LogP contribution < -0.4 is 11.1 Å². The first-order valence-corrected chi connectivity index (χ1v) is 5.83. The van der Waals surface area contributed by atoms with E-state index in [1.807, 2.05) is 0 Å². The number of amides is 2. The Balaban J connectivity index is 1.93. The van der Waals surface area contributed by atoms with E-state index < -0.39 is 0 Å². The van der Waals surface area contributed by atoms with Crippen molar-refractivity contribution in [2.24, 2.45) is 11.7 Å². The Hall–Kier alpha value is -1.84. The van der Waals surface area contributed by atoms with Crippen LogP contribution in [0.15, 0.2) is 24.3 Å². The van der Waals surface area contributed by atoms with Crippen molar-refractivity contribution in [3.8, 4) is 0 Å². The molecule has 1 saturated carbocycles. The van der Waals surface area contributed by atoms with Crippen LogP contribution >= 0.6 is 0 Å². The monoisotopic (exact) mass is 232 g/mol. The average molecular weight is 232 g/mol. The largest absolute Gasteiger partial charge is 0.369 e. The van der Waals surface area contributed by atoms with E-state index in [2.05, 4.69) is 5.32 Å². The highest BCUT2D eigenvalue weighted by molar-refractivity contribution is 5.93. The van der Waals surface area contributed by atoms with Crippen molar-refractivity contribution in [3.63, 3.8) is 0 Å². The molecule has 0 atom stereocenters. The van der Waals surface area contributed by atoms with Crippen LogP contribution in [0.25, 0.3) is 0 Å². The Morgan fingerprint density at radius 2 is 1.88 bits per heavy atom. The SMILES string of the molecule is NC(=O)Cc1ccc(NC(=O)C2CCC2)cc1. The molecule has 2 rings (SSSR count). The molecule has 1 fully saturated rings. The summed E-state index contributed by atoms with van der Waals surface area (Å²) >= 11 is 0. The number of hydrogen-bond acceptors (Lipinski definition) is 2. The number of anilines is 1. The Morgan fingerprint density at radius 3 is 2.35 bits per heavy atom. The zero-order valence-corrected chi connectivity index (χ0v) is 9.61. The van der Waals surface area contributed by atoms with Crippen LogP contribution in [-0.4, -0.2) is 11.8 Å². The Bertz CT molecular complexity index is 422. The van der Waals surface area contributed by atoms with Gasteiger partial charge in [0.1, 0.15) is 0 Å². The normalized spacial score (nSPS) is 15.1. The average Bonchev–Trinajstić information content (AvgIpc) is 2.17. The first-order chi connectivity index (χ1) is 8.15. The minimum absolute atomic E-state index is 0.0962. The minimum atomic E-state index is -0.351. The van der Waals surface area contributed by atoms with Gasteiger partial charge in [0.2, 0.25) is 11.8 Å². The summed E-state index contributed by atoms with van der Waals surface area (Å²) in [5.41, 5.74) is 6.73. The lowest BCUT2D eigenvalue weighted by Crippen LogP contribution is -2.28. The molecule has 0 aliphatic heterocycles. The second-order valence-corrected chi connectivity index (χ2v) is 4.46. The van der Waals surface area contributed by atoms with Gasteiger partial charge in [-0.2, -0.15) is 0 Å². The van der Waals surface area contributed by atoms with Gasteiger partial charge >= 0.3 is 0 Å². The summed E-state index contributed by atoms with van der Waals surface area (Å²) in [6.07, 6.45) is 3.36. The molecule has 0 saturated heterocycles. The van der Waals surface area contributed by atoms with Crippen molar-refractivity contribution in [1.29, 1.82) is 0 Å². The van der Waals surface area contributed by atoms with E-state index in [9.17, 15) is 9.59 Å². The molecule has 0 bridgehead atoms. The Kier molecular flexibility index (Phi) is 3.42. The highest BCUT2D eigenvalue weighted by Gasteiger charge is 2.24. The molecule has 4 heteroatoms. The third-order valence-electron chi connectivity index (χ3n) is 3.08. The second-order valence-electron chi connectivity index (χ2n) is 4.46. The van der Waals surface area contributed by atoms with E-state index in [4.69, 9.17) is 5.73 Å². The first kappa shape index (κ1) is 11.6. The summed E-state index contributed by atoms with van der Waals surface area (Å²) in [6, 6.07) is 7.21. The van der Waals surface area contributed by atoms with E-state index in [1.54, 1.807) is 24.3 Å². The fourth-order valence-electron chi connectivity index (χ4n) is 1.82. The number of nitrogens with two attached hydrogens (primary N) is 1. The maximum Gasteiger partial charge on any atom is 0.227 e. The zero-order valence-electron chi connectivity index (χ0n) is 9.61. The van der Waals surface area contributed by atoms with Gasteiger partial charge in [-0.3, -0.25) is 9.59 Å². The van der Waals surface area contributed by atoms with Crippen molar-refractivity contribution in [1.82, 2.24) is 0 Å². The van der Waals surface area contributed by atoms with Gasteiger partial charge in [-0.25, -0.2) is 0 Å². The van der Waals surface area contributed by atoms with Crippen molar-refractivity contribution < 1.29 is 9.59 Å². The molecule has 0 spiro atoms. The maximum absolute atomic E-state index is 11.7. The first-order valence-electron chi connectivity index (χ1n) is 5.83. The Morgan fingerprint density at radius 1 is 1.24 bits per heavy atom.